The van der Waals surface area contributed by atoms with E-state index < -0.39 is 23.5 Å². The van der Waals surface area contributed by atoms with Gasteiger partial charge in [-0.2, -0.15) is 26.3 Å². The monoisotopic (exact) mass is 283 g/mol. The molecule has 105 valence electrons. The fraction of sp³-hybridized carbons (Fsp3) is 0.250. The highest BCUT2D eigenvalue weighted by Gasteiger charge is 2.36. The van der Waals surface area contributed by atoms with Gasteiger partial charge in [0, 0.05) is 0 Å². The quantitative estimate of drug-likeness (QED) is 0.740. The van der Waals surface area contributed by atoms with Gasteiger partial charge in [-0.3, -0.25) is 0 Å². The van der Waals surface area contributed by atoms with E-state index in [0.717, 1.165) is 6.08 Å². The molecule has 1 nitrogen and oxygen atoms in total. The van der Waals surface area contributed by atoms with E-state index in [1.54, 1.807) is 0 Å². The van der Waals surface area contributed by atoms with Crippen molar-refractivity contribution in [1.29, 1.82) is 0 Å². The van der Waals surface area contributed by atoms with E-state index in [-0.39, 0.29) is 18.2 Å². The molecule has 0 aliphatic heterocycles. The molecule has 0 amide bonds. The summed E-state index contributed by atoms with van der Waals surface area (Å²) in [6.45, 7) is -0.0163. The van der Waals surface area contributed by atoms with Gasteiger partial charge >= 0.3 is 12.4 Å². The molecule has 0 atom stereocenters. The van der Waals surface area contributed by atoms with E-state index in [9.17, 15) is 26.3 Å². The fourth-order valence-corrected chi connectivity index (χ4v) is 1.33. The number of hydrogen-bond acceptors (Lipinski definition) is 1. The van der Waals surface area contributed by atoms with E-state index in [1.165, 1.54) is 6.08 Å². The minimum Gasteiger partial charge on any atom is -0.375 e. The Balaban J connectivity index is 3.25. The highest BCUT2D eigenvalue weighted by Crippen LogP contribution is 2.36. The number of ether oxygens (including phenoxy) is 1. The van der Waals surface area contributed by atoms with Crippen LogP contribution in [0.4, 0.5) is 26.3 Å². The first-order valence-electron chi connectivity index (χ1n) is 4.97. The van der Waals surface area contributed by atoms with Gasteiger partial charge in [0.15, 0.2) is 0 Å². The molecule has 1 aromatic carbocycles. The lowest BCUT2D eigenvalue weighted by Crippen LogP contribution is -2.11. The molecule has 0 unspecified atom stereocenters. The molecule has 0 heterocycles. The Bertz CT molecular complexity index is 426. The Morgan fingerprint density at radius 1 is 0.947 bits per heavy atom. The van der Waals surface area contributed by atoms with Gasteiger partial charge in [0.25, 0.3) is 0 Å². The molecular formula is C12H9F6O. The van der Waals surface area contributed by atoms with Crippen LogP contribution >= 0.6 is 0 Å². The third-order valence-electron chi connectivity index (χ3n) is 2.13. The van der Waals surface area contributed by atoms with Crippen molar-refractivity contribution in [3.05, 3.63) is 48.1 Å². The third-order valence-corrected chi connectivity index (χ3v) is 2.13. The molecule has 0 fully saturated rings. The second-order valence-electron chi connectivity index (χ2n) is 3.61. The van der Waals surface area contributed by atoms with Gasteiger partial charge in [-0.1, -0.05) is 12.2 Å². The van der Waals surface area contributed by atoms with E-state index >= 15 is 0 Å². The molecule has 0 aliphatic rings. The van der Waals surface area contributed by atoms with Crippen LogP contribution in [0.1, 0.15) is 16.7 Å². The summed E-state index contributed by atoms with van der Waals surface area (Å²) in [6, 6.07) is 1.35. The number of rotatable bonds is 3. The average molecular weight is 283 g/mol. The Morgan fingerprint density at radius 3 is 1.79 bits per heavy atom. The summed E-state index contributed by atoms with van der Waals surface area (Å²) in [6.07, 6.45) is -7.31. The van der Waals surface area contributed by atoms with Crippen molar-refractivity contribution in [2.75, 3.05) is 6.61 Å². The van der Waals surface area contributed by atoms with Crippen molar-refractivity contribution in [1.82, 2.24) is 0 Å². The predicted octanol–water partition coefficient (Wildman–Crippen LogP) is 4.55. The van der Waals surface area contributed by atoms with Crippen molar-refractivity contribution in [3.8, 4) is 0 Å². The third kappa shape index (κ3) is 4.59. The van der Waals surface area contributed by atoms with Gasteiger partial charge < -0.3 is 4.74 Å². The number of benzene rings is 1. The predicted molar refractivity (Wildman–Crippen MR) is 56.8 cm³/mol. The zero-order valence-corrected chi connectivity index (χ0v) is 9.48. The zero-order chi connectivity index (χ0) is 14.7. The van der Waals surface area contributed by atoms with Crippen LogP contribution in [0.3, 0.4) is 0 Å². The molecule has 1 aromatic rings. The molecular weight excluding hydrogens is 274 g/mol. The Morgan fingerprint density at radius 2 is 1.42 bits per heavy atom. The lowest BCUT2D eigenvalue weighted by molar-refractivity contribution is -0.143. The molecule has 19 heavy (non-hydrogen) atoms. The maximum Gasteiger partial charge on any atom is 0.416 e. The largest absolute Gasteiger partial charge is 0.416 e. The maximum absolute atomic E-state index is 12.5. The molecule has 0 N–H and O–H groups in total. The first kappa shape index (κ1) is 15.6. The first-order chi connectivity index (χ1) is 8.64. The Labute approximate surface area is 105 Å². The minimum atomic E-state index is -4.84. The van der Waals surface area contributed by atoms with Crippen molar-refractivity contribution >= 4 is 6.08 Å². The highest BCUT2D eigenvalue weighted by atomic mass is 19.4. The highest BCUT2D eigenvalue weighted by molar-refractivity contribution is 5.53. The smallest absolute Gasteiger partial charge is 0.375 e. The van der Waals surface area contributed by atoms with Crippen LogP contribution in [-0.4, -0.2) is 6.61 Å². The summed E-state index contributed by atoms with van der Waals surface area (Å²) in [5, 5.41) is 0. The van der Waals surface area contributed by atoms with Gasteiger partial charge in [-0.05, 0) is 23.8 Å². The second kappa shape index (κ2) is 5.64. The van der Waals surface area contributed by atoms with Gasteiger partial charge in [-0.25, -0.2) is 0 Å². The molecule has 0 saturated heterocycles. The van der Waals surface area contributed by atoms with Gasteiger partial charge in [-0.15, -0.1) is 0 Å². The molecule has 1 radical (unpaired) electrons. The number of hydrogen-bond donors (Lipinski definition) is 0. The molecule has 0 spiro atoms. The van der Waals surface area contributed by atoms with E-state index in [0.29, 0.717) is 12.1 Å². The van der Waals surface area contributed by atoms with Crippen LogP contribution in [0.25, 0.3) is 6.08 Å². The summed E-state index contributed by atoms with van der Waals surface area (Å²) in [4.78, 5) is 0. The van der Waals surface area contributed by atoms with Crippen molar-refractivity contribution in [3.63, 3.8) is 0 Å². The average Bonchev–Trinajstić information content (AvgIpc) is 2.27. The van der Waals surface area contributed by atoms with E-state index in [2.05, 4.69) is 11.8 Å². The first-order valence-corrected chi connectivity index (χ1v) is 4.97. The number of alkyl halides is 6. The molecule has 0 aromatic heterocycles. The molecule has 7 heteroatoms. The van der Waals surface area contributed by atoms with Crippen LogP contribution in [0.2, 0.25) is 0 Å². The summed E-state index contributed by atoms with van der Waals surface area (Å²) in [7, 11) is 3.02. The van der Waals surface area contributed by atoms with Crippen LogP contribution in [0, 0.1) is 7.11 Å². The summed E-state index contributed by atoms with van der Waals surface area (Å²) in [5.74, 6) is 0. The van der Waals surface area contributed by atoms with Crippen LogP contribution < -0.4 is 0 Å². The van der Waals surface area contributed by atoms with Crippen molar-refractivity contribution in [2.24, 2.45) is 0 Å². The summed E-state index contributed by atoms with van der Waals surface area (Å²) < 4.78 is 79.4. The van der Waals surface area contributed by atoms with E-state index in [4.69, 9.17) is 0 Å². The summed E-state index contributed by atoms with van der Waals surface area (Å²) in [5.41, 5.74) is -2.91. The van der Waals surface area contributed by atoms with Crippen molar-refractivity contribution in [2.45, 2.75) is 12.4 Å². The fourth-order valence-electron chi connectivity index (χ4n) is 1.33. The van der Waals surface area contributed by atoms with Crippen LogP contribution in [0.15, 0.2) is 24.3 Å². The van der Waals surface area contributed by atoms with Gasteiger partial charge in [0.2, 0.25) is 0 Å². The molecule has 0 saturated carbocycles. The van der Waals surface area contributed by atoms with Gasteiger partial charge in [0.05, 0.1) is 24.8 Å². The number of halogens is 6. The second-order valence-corrected chi connectivity index (χ2v) is 3.61. The Kier molecular flexibility index (Phi) is 4.62. The van der Waals surface area contributed by atoms with Crippen LogP contribution in [-0.2, 0) is 17.1 Å². The normalized spacial score (nSPS) is 13.2. The molecule has 0 bridgehead atoms. The maximum atomic E-state index is 12.5. The molecule has 1 rings (SSSR count). The van der Waals surface area contributed by atoms with E-state index in [1.807, 2.05) is 0 Å². The lowest BCUT2D eigenvalue weighted by Gasteiger charge is -2.12. The molecule has 0 aliphatic carbocycles. The Hall–Kier alpha value is -1.50. The van der Waals surface area contributed by atoms with Crippen molar-refractivity contribution < 1.29 is 31.1 Å². The standard InChI is InChI=1S/C12H9F6O/c1-19-4-2-3-8-5-9(11(13,14)15)7-10(6-8)12(16,17)18/h2-3,5-7H,1,4H2. The SMILES string of the molecule is [CH2]OCC=Cc1cc(C(F)(F)F)cc(C(F)(F)F)c1. The van der Waals surface area contributed by atoms with Gasteiger partial charge in [0.1, 0.15) is 0 Å². The topological polar surface area (TPSA) is 9.23 Å². The minimum absolute atomic E-state index is 0.0163. The lowest BCUT2D eigenvalue weighted by atomic mass is 10.0. The zero-order valence-electron chi connectivity index (χ0n) is 9.48. The van der Waals surface area contributed by atoms with Crippen LogP contribution in [0.5, 0.6) is 0 Å². The summed E-state index contributed by atoms with van der Waals surface area (Å²) >= 11 is 0.